The number of nitrogens with zero attached hydrogens (tertiary/aromatic N) is 1. The molecule has 2 aromatic rings. The van der Waals surface area contributed by atoms with Gasteiger partial charge in [0.05, 0.1) is 15.2 Å². The zero-order valence-electron chi connectivity index (χ0n) is 14.5. The number of rotatable bonds is 6. The van der Waals surface area contributed by atoms with Crippen molar-refractivity contribution in [2.45, 2.75) is 45.6 Å². The van der Waals surface area contributed by atoms with Crippen LogP contribution >= 0.6 is 11.3 Å². The van der Waals surface area contributed by atoms with E-state index in [1.54, 1.807) is 11.3 Å². The van der Waals surface area contributed by atoms with Gasteiger partial charge in [-0.05, 0) is 56.8 Å². The minimum absolute atomic E-state index is 0.123. The molecule has 2 unspecified atom stereocenters. The Morgan fingerprint density at radius 3 is 2.83 bits per heavy atom. The Kier molecular flexibility index (Phi) is 5.85. The Labute approximate surface area is 148 Å². The van der Waals surface area contributed by atoms with E-state index in [1.807, 2.05) is 18.2 Å². The van der Waals surface area contributed by atoms with Gasteiger partial charge in [-0.25, -0.2) is 4.98 Å². The lowest BCUT2D eigenvalue weighted by molar-refractivity contribution is -0.122. The summed E-state index contributed by atoms with van der Waals surface area (Å²) in [6, 6.07) is 8.31. The number of nitrogens with one attached hydrogen (secondary N) is 2. The first-order valence-electron chi connectivity index (χ1n) is 8.96. The third kappa shape index (κ3) is 4.54. The van der Waals surface area contributed by atoms with Crippen LogP contribution in [0.3, 0.4) is 0 Å². The Bertz CT molecular complexity index is 645. The minimum atomic E-state index is 0.123. The summed E-state index contributed by atoms with van der Waals surface area (Å²) >= 11 is 1.72. The zero-order valence-corrected chi connectivity index (χ0v) is 15.4. The highest BCUT2D eigenvalue weighted by Gasteiger charge is 2.22. The number of thiazole rings is 1. The average molecular weight is 346 g/mol. The van der Waals surface area contributed by atoms with Crippen molar-refractivity contribution in [1.82, 2.24) is 15.6 Å². The van der Waals surface area contributed by atoms with Gasteiger partial charge in [0.2, 0.25) is 5.91 Å². The predicted molar refractivity (Wildman–Crippen MR) is 100 cm³/mol. The molecule has 0 saturated carbocycles. The minimum Gasteiger partial charge on any atom is -0.353 e. The van der Waals surface area contributed by atoms with Crippen LogP contribution in [-0.4, -0.2) is 30.0 Å². The van der Waals surface area contributed by atoms with Gasteiger partial charge in [-0.2, -0.15) is 0 Å². The normalized spacial score (nSPS) is 18.4. The maximum absolute atomic E-state index is 12.3. The van der Waals surface area contributed by atoms with E-state index in [4.69, 9.17) is 0 Å². The Hall–Kier alpha value is -1.46. The second-order valence-electron chi connectivity index (χ2n) is 7.02. The van der Waals surface area contributed by atoms with Gasteiger partial charge in [-0.3, -0.25) is 4.79 Å². The van der Waals surface area contributed by atoms with Gasteiger partial charge >= 0.3 is 0 Å². The Morgan fingerprint density at radius 1 is 1.33 bits per heavy atom. The fraction of sp³-hybridized carbons (Fsp3) is 0.579. The quantitative estimate of drug-likeness (QED) is 0.844. The summed E-state index contributed by atoms with van der Waals surface area (Å²) in [5.74, 6) is 1.31. The number of benzene rings is 1. The topological polar surface area (TPSA) is 54.0 Å². The van der Waals surface area contributed by atoms with Crippen molar-refractivity contribution in [1.29, 1.82) is 0 Å². The lowest BCUT2D eigenvalue weighted by Crippen LogP contribution is -2.37. The summed E-state index contributed by atoms with van der Waals surface area (Å²) in [5.41, 5.74) is 1.05. The van der Waals surface area contributed by atoms with E-state index in [2.05, 4.69) is 35.5 Å². The highest BCUT2D eigenvalue weighted by Crippen LogP contribution is 2.25. The molecule has 3 rings (SSSR count). The smallest absolute Gasteiger partial charge is 0.220 e. The van der Waals surface area contributed by atoms with E-state index in [-0.39, 0.29) is 11.9 Å². The largest absolute Gasteiger partial charge is 0.353 e. The van der Waals surface area contributed by atoms with Crippen LogP contribution in [0.25, 0.3) is 10.2 Å². The van der Waals surface area contributed by atoms with Gasteiger partial charge in [0.25, 0.3) is 0 Å². The molecule has 5 heteroatoms. The molecule has 4 nitrogen and oxygen atoms in total. The number of amides is 1. The molecule has 2 heterocycles. The molecule has 1 aromatic heterocycles. The standard InChI is InChI=1S/C19H27N3OS/c1-13(15-7-9-20-10-8-15)11-18(23)21-14(2)12-19-22-16-5-3-4-6-17(16)24-19/h3-6,13-15,20H,7-12H2,1-2H3,(H,21,23). The molecular weight excluding hydrogens is 318 g/mol. The van der Waals surface area contributed by atoms with Crippen LogP contribution in [0.15, 0.2) is 24.3 Å². The maximum atomic E-state index is 12.3. The highest BCUT2D eigenvalue weighted by atomic mass is 32.1. The van der Waals surface area contributed by atoms with Gasteiger partial charge in [-0.1, -0.05) is 19.1 Å². The summed E-state index contributed by atoms with van der Waals surface area (Å²) in [6.45, 7) is 6.46. The fourth-order valence-electron chi connectivity index (χ4n) is 3.53. The van der Waals surface area contributed by atoms with Crippen LogP contribution in [0, 0.1) is 11.8 Å². The van der Waals surface area contributed by atoms with Crippen LogP contribution in [0.5, 0.6) is 0 Å². The van der Waals surface area contributed by atoms with E-state index < -0.39 is 0 Å². The zero-order chi connectivity index (χ0) is 16.9. The molecule has 0 spiro atoms. The molecule has 1 fully saturated rings. The molecule has 1 aliphatic rings. The highest BCUT2D eigenvalue weighted by molar-refractivity contribution is 7.18. The monoisotopic (exact) mass is 345 g/mol. The summed E-state index contributed by atoms with van der Waals surface area (Å²) in [5, 5.41) is 7.63. The van der Waals surface area contributed by atoms with Gasteiger partial charge in [0, 0.05) is 18.9 Å². The fourth-order valence-corrected chi connectivity index (χ4v) is 4.62. The van der Waals surface area contributed by atoms with Crippen LogP contribution in [0.4, 0.5) is 0 Å². The third-order valence-corrected chi connectivity index (χ3v) is 5.98. The second kappa shape index (κ2) is 8.08. The van der Waals surface area contributed by atoms with E-state index >= 15 is 0 Å². The molecule has 1 aromatic carbocycles. The number of aromatic nitrogens is 1. The number of carbonyl (C=O) groups is 1. The second-order valence-corrected chi connectivity index (χ2v) is 8.13. The molecule has 2 N–H and O–H groups in total. The lowest BCUT2D eigenvalue weighted by Gasteiger charge is -2.28. The van der Waals surface area contributed by atoms with Crippen LogP contribution in [0.1, 0.15) is 38.1 Å². The van der Waals surface area contributed by atoms with Crippen molar-refractivity contribution < 1.29 is 4.79 Å². The molecule has 2 atom stereocenters. The Balaban J connectivity index is 1.48. The van der Waals surface area contributed by atoms with Gasteiger partial charge in [0.1, 0.15) is 0 Å². The molecule has 1 aliphatic heterocycles. The number of carbonyl (C=O) groups excluding carboxylic acids is 1. The van der Waals surface area contributed by atoms with E-state index in [0.29, 0.717) is 18.3 Å². The number of hydrogen-bond donors (Lipinski definition) is 2. The SMILES string of the molecule is CC(Cc1nc2ccccc2s1)NC(=O)CC(C)C1CCNCC1. The van der Waals surface area contributed by atoms with Gasteiger partial charge in [0.15, 0.2) is 0 Å². The van der Waals surface area contributed by atoms with Crippen LogP contribution in [0.2, 0.25) is 0 Å². The van der Waals surface area contributed by atoms with E-state index in [0.717, 1.165) is 30.0 Å². The van der Waals surface area contributed by atoms with Crippen molar-refractivity contribution in [3.63, 3.8) is 0 Å². The Morgan fingerprint density at radius 2 is 2.08 bits per heavy atom. The molecule has 0 bridgehead atoms. The van der Waals surface area contributed by atoms with Gasteiger partial charge in [-0.15, -0.1) is 11.3 Å². The first-order valence-corrected chi connectivity index (χ1v) is 9.78. The summed E-state index contributed by atoms with van der Waals surface area (Å²) in [7, 11) is 0. The first kappa shape index (κ1) is 17.4. The summed E-state index contributed by atoms with van der Waals surface area (Å²) in [4.78, 5) is 17.0. The number of piperidine rings is 1. The van der Waals surface area contributed by atoms with Crippen LogP contribution < -0.4 is 10.6 Å². The van der Waals surface area contributed by atoms with Crippen LogP contribution in [-0.2, 0) is 11.2 Å². The predicted octanol–water partition coefficient (Wildman–Crippen LogP) is 3.37. The molecule has 1 saturated heterocycles. The molecule has 24 heavy (non-hydrogen) atoms. The molecule has 130 valence electrons. The van der Waals surface area contributed by atoms with Crippen molar-refractivity contribution in [2.75, 3.05) is 13.1 Å². The van der Waals surface area contributed by atoms with Crippen molar-refractivity contribution in [2.24, 2.45) is 11.8 Å². The molecular formula is C19H27N3OS. The first-order chi connectivity index (χ1) is 11.6. The van der Waals surface area contributed by atoms with E-state index in [9.17, 15) is 4.79 Å². The van der Waals surface area contributed by atoms with Crippen molar-refractivity contribution in [3.8, 4) is 0 Å². The molecule has 0 aliphatic carbocycles. The summed E-state index contributed by atoms with van der Waals surface area (Å²) in [6.07, 6.45) is 3.81. The number of fused-ring (bicyclic) bond motifs is 1. The number of hydrogen-bond acceptors (Lipinski definition) is 4. The average Bonchev–Trinajstić information content (AvgIpc) is 2.97. The number of para-hydroxylation sites is 1. The molecule has 0 radical (unpaired) electrons. The summed E-state index contributed by atoms with van der Waals surface area (Å²) < 4.78 is 1.21. The van der Waals surface area contributed by atoms with Crippen molar-refractivity contribution in [3.05, 3.63) is 29.3 Å². The van der Waals surface area contributed by atoms with E-state index in [1.165, 1.54) is 17.5 Å². The van der Waals surface area contributed by atoms with Gasteiger partial charge < -0.3 is 10.6 Å². The third-order valence-electron chi connectivity index (χ3n) is 4.92. The molecule has 1 amide bonds. The maximum Gasteiger partial charge on any atom is 0.220 e. The lowest BCUT2D eigenvalue weighted by atomic mass is 9.84. The van der Waals surface area contributed by atoms with Crippen molar-refractivity contribution >= 4 is 27.5 Å².